The predicted octanol–water partition coefficient (Wildman–Crippen LogP) is 2.76. The van der Waals surface area contributed by atoms with E-state index in [9.17, 15) is 5.11 Å². The molecule has 0 fully saturated rings. The van der Waals surface area contributed by atoms with E-state index < -0.39 is 5.60 Å². The zero-order valence-corrected chi connectivity index (χ0v) is 18.8. The number of nitrogen functional groups attached to an aromatic ring is 1. The summed E-state index contributed by atoms with van der Waals surface area (Å²) >= 11 is 0. The van der Waals surface area contributed by atoms with Gasteiger partial charge in [-0.1, -0.05) is 18.2 Å². The van der Waals surface area contributed by atoms with Gasteiger partial charge in [0.2, 0.25) is 5.95 Å². The van der Waals surface area contributed by atoms with Gasteiger partial charge in [-0.3, -0.25) is 4.68 Å². The van der Waals surface area contributed by atoms with E-state index in [2.05, 4.69) is 34.3 Å². The van der Waals surface area contributed by atoms with Crippen molar-refractivity contribution in [3.63, 3.8) is 0 Å². The van der Waals surface area contributed by atoms with Crippen LogP contribution in [-0.2, 0) is 12.6 Å². The average Bonchev–Trinajstić information content (AvgIpc) is 3.39. The summed E-state index contributed by atoms with van der Waals surface area (Å²) in [5.74, 6) is 0.0885. The molecule has 4 aromatic heterocycles. The van der Waals surface area contributed by atoms with Gasteiger partial charge in [0, 0.05) is 47.7 Å². The molecule has 0 bridgehead atoms. The van der Waals surface area contributed by atoms with Crippen LogP contribution >= 0.6 is 9.24 Å². The minimum absolute atomic E-state index is 0.0885. The first-order chi connectivity index (χ1) is 15.3. The number of anilines is 1. The lowest BCUT2D eigenvalue weighted by Crippen LogP contribution is -2.26. The van der Waals surface area contributed by atoms with E-state index in [-0.39, 0.29) is 5.95 Å². The number of aromatic amines is 1. The van der Waals surface area contributed by atoms with Crippen molar-refractivity contribution in [1.82, 2.24) is 29.7 Å². The molecular weight excluding hydrogens is 421 g/mol. The second kappa shape index (κ2) is 7.51. The first-order valence-corrected chi connectivity index (χ1v) is 10.6. The third kappa shape index (κ3) is 3.53. The van der Waals surface area contributed by atoms with Crippen LogP contribution in [0.25, 0.3) is 33.4 Å². The molecule has 5 rings (SSSR count). The Balaban J connectivity index is 1.63. The minimum Gasteiger partial charge on any atom is -0.379 e. The Morgan fingerprint density at radius 3 is 2.72 bits per heavy atom. The lowest BCUT2D eigenvalue weighted by atomic mass is 9.91. The van der Waals surface area contributed by atoms with Crippen molar-refractivity contribution in [2.75, 3.05) is 5.73 Å². The SMILES string of the molecule is Cn1cc(-c2cnc3[nH]cc(-c4cc(C(C)(O)c5cccc(P)c5)nc(N)n4)c3c2)cn1. The van der Waals surface area contributed by atoms with Gasteiger partial charge in [-0.15, -0.1) is 9.24 Å². The van der Waals surface area contributed by atoms with Gasteiger partial charge in [-0.25, -0.2) is 15.0 Å². The fourth-order valence-electron chi connectivity index (χ4n) is 3.79. The monoisotopic (exact) mass is 443 g/mol. The largest absolute Gasteiger partial charge is 0.379 e. The Morgan fingerprint density at radius 2 is 1.97 bits per heavy atom. The number of hydrogen-bond acceptors (Lipinski definition) is 6. The van der Waals surface area contributed by atoms with Gasteiger partial charge in [0.1, 0.15) is 11.2 Å². The maximum Gasteiger partial charge on any atom is 0.220 e. The summed E-state index contributed by atoms with van der Waals surface area (Å²) in [6.45, 7) is 1.70. The quantitative estimate of drug-likeness (QED) is 0.368. The number of fused-ring (bicyclic) bond motifs is 1. The summed E-state index contributed by atoms with van der Waals surface area (Å²) in [7, 11) is 4.51. The standard InChI is InChI=1S/C23H22N7OP/c1-23(31,15-4-3-5-16(32)7-15)20-8-19(28-22(24)29-20)18-11-26-21-17(18)6-13(9-25-21)14-10-27-30(2)12-14/h3-12,31H,32H2,1-2H3,(H,25,26)(H2,24,28,29). The van der Waals surface area contributed by atoms with E-state index in [1.165, 1.54) is 0 Å². The molecule has 0 saturated carbocycles. The molecule has 0 spiro atoms. The van der Waals surface area contributed by atoms with Crippen LogP contribution in [0.3, 0.4) is 0 Å². The summed E-state index contributed by atoms with van der Waals surface area (Å²) in [6.07, 6.45) is 7.38. The number of aromatic nitrogens is 6. The van der Waals surface area contributed by atoms with Gasteiger partial charge in [0.15, 0.2) is 0 Å². The molecule has 4 N–H and O–H groups in total. The second-order valence-electron chi connectivity index (χ2n) is 7.92. The second-order valence-corrected chi connectivity index (χ2v) is 8.59. The molecule has 0 radical (unpaired) electrons. The van der Waals surface area contributed by atoms with Crippen molar-refractivity contribution < 1.29 is 5.11 Å². The van der Waals surface area contributed by atoms with Crippen molar-refractivity contribution in [1.29, 1.82) is 0 Å². The lowest BCUT2D eigenvalue weighted by molar-refractivity contribution is 0.0975. The Labute approximate surface area is 186 Å². The lowest BCUT2D eigenvalue weighted by Gasteiger charge is -2.24. The molecule has 4 heterocycles. The molecular formula is C23H22N7OP. The van der Waals surface area contributed by atoms with Gasteiger partial charge in [-0.2, -0.15) is 5.10 Å². The Kier molecular flexibility index (Phi) is 4.77. The molecule has 1 aromatic carbocycles. The number of aryl methyl sites for hydroxylation is 1. The summed E-state index contributed by atoms with van der Waals surface area (Å²) in [4.78, 5) is 16.5. The van der Waals surface area contributed by atoms with Crippen LogP contribution in [0.4, 0.5) is 5.95 Å². The predicted molar refractivity (Wildman–Crippen MR) is 128 cm³/mol. The number of rotatable bonds is 4. The van der Waals surface area contributed by atoms with Crippen LogP contribution in [0, 0.1) is 0 Å². The smallest absolute Gasteiger partial charge is 0.220 e. The highest BCUT2D eigenvalue weighted by Gasteiger charge is 2.29. The third-order valence-corrected chi connectivity index (χ3v) is 5.90. The highest BCUT2D eigenvalue weighted by atomic mass is 31.0. The highest BCUT2D eigenvalue weighted by Crippen LogP contribution is 2.34. The number of benzene rings is 1. The Morgan fingerprint density at radius 1 is 1.12 bits per heavy atom. The van der Waals surface area contributed by atoms with Crippen molar-refractivity contribution in [3.05, 3.63) is 72.4 Å². The van der Waals surface area contributed by atoms with Crippen molar-refractivity contribution in [3.8, 4) is 22.4 Å². The van der Waals surface area contributed by atoms with E-state index in [1.54, 1.807) is 30.1 Å². The maximum atomic E-state index is 11.4. The fraction of sp³-hybridized carbons (Fsp3) is 0.130. The highest BCUT2D eigenvalue weighted by molar-refractivity contribution is 7.27. The topological polar surface area (TPSA) is 119 Å². The average molecular weight is 443 g/mol. The van der Waals surface area contributed by atoms with Crippen molar-refractivity contribution in [2.24, 2.45) is 7.05 Å². The molecule has 2 atom stereocenters. The Bertz CT molecular complexity index is 1450. The van der Waals surface area contributed by atoms with Gasteiger partial charge in [0.05, 0.1) is 17.6 Å². The van der Waals surface area contributed by atoms with Gasteiger partial charge >= 0.3 is 0 Å². The molecule has 160 valence electrons. The normalized spacial score (nSPS) is 13.4. The number of pyridine rings is 1. The fourth-order valence-corrected chi connectivity index (χ4v) is 4.08. The first kappa shape index (κ1) is 20.3. The molecule has 0 aliphatic rings. The summed E-state index contributed by atoms with van der Waals surface area (Å²) in [6, 6.07) is 11.4. The van der Waals surface area contributed by atoms with Crippen LogP contribution in [0.2, 0.25) is 0 Å². The maximum absolute atomic E-state index is 11.4. The van der Waals surface area contributed by atoms with Gasteiger partial charge < -0.3 is 15.8 Å². The number of hydrogen-bond donors (Lipinski definition) is 3. The van der Waals surface area contributed by atoms with Crippen molar-refractivity contribution >= 4 is 31.5 Å². The number of aliphatic hydroxyl groups is 1. The third-order valence-electron chi connectivity index (χ3n) is 5.54. The molecule has 8 nitrogen and oxygen atoms in total. The number of nitrogens with zero attached hydrogens (tertiary/aromatic N) is 5. The van der Waals surface area contributed by atoms with E-state index in [1.807, 2.05) is 49.8 Å². The van der Waals surface area contributed by atoms with Crippen LogP contribution in [0.15, 0.2) is 61.2 Å². The zero-order chi connectivity index (χ0) is 22.5. The summed E-state index contributed by atoms with van der Waals surface area (Å²) in [5.41, 5.74) is 9.92. The summed E-state index contributed by atoms with van der Waals surface area (Å²) < 4.78 is 1.75. The number of nitrogens with two attached hydrogens (primary N) is 1. The van der Waals surface area contributed by atoms with Crippen molar-refractivity contribution in [2.45, 2.75) is 12.5 Å². The summed E-state index contributed by atoms with van der Waals surface area (Å²) in [5, 5.41) is 17.5. The Hall–Kier alpha value is -3.61. The molecule has 0 amide bonds. The molecule has 32 heavy (non-hydrogen) atoms. The molecule has 2 unspecified atom stereocenters. The van der Waals surface area contributed by atoms with Crippen LogP contribution in [0.1, 0.15) is 18.2 Å². The van der Waals surface area contributed by atoms with E-state index in [0.29, 0.717) is 17.0 Å². The zero-order valence-electron chi connectivity index (χ0n) is 17.6. The van der Waals surface area contributed by atoms with Crippen LogP contribution < -0.4 is 11.0 Å². The molecule has 0 aliphatic heterocycles. The van der Waals surface area contributed by atoms with E-state index in [0.717, 1.165) is 33.0 Å². The first-order valence-electron chi connectivity index (χ1n) is 10.0. The molecule has 0 saturated heterocycles. The van der Waals surface area contributed by atoms with Crippen LogP contribution in [0.5, 0.6) is 0 Å². The molecule has 5 aromatic rings. The molecule has 0 aliphatic carbocycles. The number of H-pyrrole nitrogens is 1. The molecule has 9 heteroatoms. The number of nitrogens with one attached hydrogen (secondary N) is 1. The van der Waals surface area contributed by atoms with Gasteiger partial charge in [0.25, 0.3) is 0 Å². The van der Waals surface area contributed by atoms with Gasteiger partial charge in [-0.05, 0) is 36.0 Å². The minimum atomic E-state index is -1.34. The van der Waals surface area contributed by atoms with E-state index in [4.69, 9.17) is 5.73 Å². The van der Waals surface area contributed by atoms with E-state index >= 15 is 0 Å². The van der Waals surface area contributed by atoms with Crippen LogP contribution in [-0.4, -0.2) is 34.8 Å².